The van der Waals surface area contributed by atoms with Crippen LogP contribution in [0.25, 0.3) is 22.4 Å². The van der Waals surface area contributed by atoms with Gasteiger partial charge in [-0.1, -0.05) is 83.5 Å². The van der Waals surface area contributed by atoms with E-state index < -0.39 is 6.09 Å². The highest BCUT2D eigenvalue weighted by Crippen LogP contribution is 2.32. The summed E-state index contributed by atoms with van der Waals surface area (Å²) in [6.45, 7) is 1.91. The van der Waals surface area contributed by atoms with Gasteiger partial charge in [-0.15, -0.1) is 0 Å². The molecule has 8 heteroatoms. The fourth-order valence-electron chi connectivity index (χ4n) is 3.68. The molecule has 4 aromatic rings. The van der Waals surface area contributed by atoms with Gasteiger partial charge in [0, 0.05) is 17.0 Å². The van der Waals surface area contributed by atoms with Gasteiger partial charge in [0.2, 0.25) is 0 Å². The number of rotatable bonds is 8. The molecule has 0 unspecified atom stereocenters. The lowest BCUT2D eigenvalue weighted by atomic mass is 10.0. The lowest BCUT2D eigenvalue weighted by Gasteiger charge is -2.09. The molecule has 0 fully saturated rings. The molecule has 3 aromatic carbocycles. The average Bonchev–Trinajstić information content (AvgIpc) is 3.25. The van der Waals surface area contributed by atoms with E-state index in [-0.39, 0.29) is 19.0 Å². The standard InChI is InChI=1S/C28H25ClN2O5/c1-18-26(30-28(33)35-16-15-22-5-3-4-6-24(22)29)27(31-36-18)23-13-11-21(12-14-23)20-9-7-19(8-10-20)17-25(32)34-2/h3-14H,15-17H2,1-2H3,(H,30,33). The topological polar surface area (TPSA) is 90.7 Å². The van der Waals surface area contributed by atoms with Crippen molar-refractivity contribution in [3.8, 4) is 22.4 Å². The van der Waals surface area contributed by atoms with Crippen molar-refractivity contribution in [1.82, 2.24) is 5.16 Å². The van der Waals surface area contributed by atoms with Gasteiger partial charge in [0.15, 0.2) is 5.76 Å². The molecule has 0 bridgehead atoms. The molecule has 36 heavy (non-hydrogen) atoms. The minimum absolute atomic E-state index is 0.183. The van der Waals surface area contributed by atoms with Gasteiger partial charge in [-0.05, 0) is 35.2 Å². The maximum Gasteiger partial charge on any atom is 0.411 e. The molecule has 0 spiro atoms. The molecule has 0 atom stereocenters. The van der Waals surface area contributed by atoms with Crippen molar-refractivity contribution >= 4 is 29.4 Å². The number of carbonyl (C=O) groups excluding carboxylic acids is 2. The SMILES string of the molecule is COC(=O)Cc1ccc(-c2ccc(-c3noc(C)c3NC(=O)OCCc3ccccc3Cl)cc2)cc1. The van der Waals surface area contributed by atoms with Crippen LogP contribution < -0.4 is 5.32 Å². The normalized spacial score (nSPS) is 10.6. The van der Waals surface area contributed by atoms with Crippen LogP contribution in [0.3, 0.4) is 0 Å². The lowest BCUT2D eigenvalue weighted by molar-refractivity contribution is -0.139. The Labute approximate surface area is 214 Å². The average molecular weight is 505 g/mol. The zero-order chi connectivity index (χ0) is 25.5. The van der Waals surface area contributed by atoms with E-state index in [4.69, 9.17) is 25.6 Å². The van der Waals surface area contributed by atoms with Crippen LogP contribution in [0.1, 0.15) is 16.9 Å². The Hall–Kier alpha value is -4.10. The summed E-state index contributed by atoms with van der Waals surface area (Å²) < 4.78 is 15.4. The number of aromatic nitrogens is 1. The first-order valence-corrected chi connectivity index (χ1v) is 11.7. The second kappa shape index (κ2) is 11.6. The monoisotopic (exact) mass is 504 g/mol. The van der Waals surface area contributed by atoms with Crippen molar-refractivity contribution in [2.75, 3.05) is 19.0 Å². The maximum absolute atomic E-state index is 12.4. The highest BCUT2D eigenvalue weighted by molar-refractivity contribution is 6.31. The number of hydrogen-bond acceptors (Lipinski definition) is 6. The summed E-state index contributed by atoms with van der Waals surface area (Å²) in [5.41, 5.74) is 5.54. The Morgan fingerprint density at radius 1 is 0.944 bits per heavy atom. The number of ether oxygens (including phenoxy) is 2. The zero-order valence-corrected chi connectivity index (χ0v) is 20.7. The third-order valence-corrected chi connectivity index (χ3v) is 6.04. The molecule has 4 rings (SSSR count). The molecule has 0 aliphatic heterocycles. The predicted octanol–water partition coefficient (Wildman–Crippen LogP) is 6.48. The van der Waals surface area contributed by atoms with Crippen LogP contribution in [0.4, 0.5) is 10.5 Å². The summed E-state index contributed by atoms with van der Waals surface area (Å²) >= 11 is 6.15. The fraction of sp³-hybridized carbons (Fsp3) is 0.179. The van der Waals surface area contributed by atoms with Crippen LogP contribution in [0.5, 0.6) is 0 Å². The number of methoxy groups -OCH3 is 1. The number of aryl methyl sites for hydroxylation is 1. The Morgan fingerprint density at radius 2 is 1.58 bits per heavy atom. The van der Waals surface area contributed by atoms with Crippen LogP contribution in [-0.2, 0) is 27.1 Å². The summed E-state index contributed by atoms with van der Waals surface area (Å²) in [7, 11) is 1.38. The summed E-state index contributed by atoms with van der Waals surface area (Å²) in [6.07, 6.45) is 0.144. The van der Waals surface area contributed by atoms with Gasteiger partial charge in [0.25, 0.3) is 0 Å². The lowest BCUT2D eigenvalue weighted by Crippen LogP contribution is -2.16. The third-order valence-electron chi connectivity index (χ3n) is 5.67. The number of amides is 1. The molecule has 7 nitrogen and oxygen atoms in total. The fourth-order valence-corrected chi connectivity index (χ4v) is 3.91. The van der Waals surface area contributed by atoms with Gasteiger partial charge < -0.3 is 14.0 Å². The third kappa shape index (κ3) is 6.12. The second-order valence-corrected chi connectivity index (χ2v) is 8.50. The van der Waals surface area contributed by atoms with Gasteiger partial charge >= 0.3 is 12.1 Å². The molecule has 1 heterocycles. The van der Waals surface area contributed by atoms with Crippen molar-refractivity contribution in [3.05, 3.63) is 94.7 Å². The van der Waals surface area contributed by atoms with Crippen LogP contribution in [0.15, 0.2) is 77.3 Å². The van der Waals surface area contributed by atoms with E-state index in [0.29, 0.717) is 28.6 Å². The first-order chi connectivity index (χ1) is 17.4. The Kier molecular flexibility index (Phi) is 8.02. The molecule has 1 aromatic heterocycles. The van der Waals surface area contributed by atoms with Crippen molar-refractivity contribution in [2.24, 2.45) is 0 Å². The number of benzene rings is 3. The van der Waals surface area contributed by atoms with E-state index >= 15 is 0 Å². The molecular weight excluding hydrogens is 480 g/mol. The van der Waals surface area contributed by atoms with E-state index in [1.807, 2.05) is 66.7 Å². The van der Waals surface area contributed by atoms with Crippen LogP contribution >= 0.6 is 11.6 Å². The zero-order valence-electron chi connectivity index (χ0n) is 19.9. The number of halogens is 1. The van der Waals surface area contributed by atoms with Crippen molar-refractivity contribution < 1.29 is 23.6 Å². The molecule has 1 amide bonds. The summed E-state index contributed by atoms with van der Waals surface area (Å²) in [6, 6.07) is 22.9. The smallest absolute Gasteiger partial charge is 0.411 e. The molecule has 1 N–H and O–H groups in total. The summed E-state index contributed by atoms with van der Waals surface area (Å²) in [4.78, 5) is 23.9. The quantitative estimate of drug-likeness (QED) is 0.276. The van der Waals surface area contributed by atoms with E-state index in [9.17, 15) is 9.59 Å². The molecule has 184 valence electrons. The molecule has 0 aliphatic rings. The number of hydrogen-bond donors (Lipinski definition) is 1. The van der Waals surface area contributed by atoms with Crippen LogP contribution in [-0.4, -0.2) is 30.9 Å². The Bertz CT molecular complexity index is 1350. The number of nitrogens with one attached hydrogen (secondary N) is 1. The van der Waals surface area contributed by atoms with Crippen molar-refractivity contribution in [1.29, 1.82) is 0 Å². The van der Waals surface area contributed by atoms with E-state index in [1.54, 1.807) is 13.0 Å². The van der Waals surface area contributed by atoms with E-state index in [1.165, 1.54) is 7.11 Å². The van der Waals surface area contributed by atoms with Gasteiger partial charge in [-0.2, -0.15) is 0 Å². The molecule has 0 aliphatic carbocycles. The summed E-state index contributed by atoms with van der Waals surface area (Å²) in [5, 5.41) is 7.50. The highest BCUT2D eigenvalue weighted by Gasteiger charge is 2.18. The van der Waals surface area contributed by atoms with Crippen molar-refractivity contribution in [2.45, 2.75) is 19.8 Å². The molecule has 0 saturated carbocycles. The van der Waals surface area contributed by atoms with Gasteiger partial charge in [-0.25, -0.2) is 4.79 Å². The Balaban J connectivity index is 1.40. The predicted molar refractivity (Wildman–Crippen MR) is 138 cm³/mol. The molecule has 0 saturated heterocycles. The number of nitrogens with zero attached hydrogens (tertiary/aromatic N) is 1. The first kappa shape index (κ1) is 25.0. The minimum atomic E-state index is -0.599. The van der Waals surface area contributed by atoms with Crippen LogP contribution in [0, 0.1) is 6.92 Å². The number of carbonyl (C=O) groups is 2. The number of anilines is 1. The van der Waals surface area contributed by atoms with Crippen LogP contribution in [0.2, 0.25) is 5.02 Å². The first-order valence-electron chi connectivity index (χ1n) is 11.3. The number of esters is 1. The second-order valence-electron chi connectivity index (χ2n) is 8.09. The minimum Gasteiger partial charge on any atom is -0.469 e. The largest absolute Gasteiger partial charge is 0.469 e. The highest BCUT2D eigenvalue weighted by atomic mass is 35.5. The Morgan fingerprint density at radius 3 is 2.25 bits per heavy atom. The van der Waals surface area contributed by atoms with Crippen molar-refractivity contribution in [3.63, 3.8) is 0 Å². The molecular formula is C28H25ClN2O5. The van der Waals surface area contributed by atoms with Gasteiger partial charge in [0.1, 0.15) is 11.4 Å². The van der Waals surface area contributed by atoms with E-state index in [0.717, 1.165) is 27.8 Å². The van der Waals surface area contributed by atoms with Gasteiger partial charge in [0.05, 0.1) is 20.1 Å². The summed E-state index contributed by atoms with van der Waals surface area (Å²) in [5.74, 6) is 0.197. The maximum atomic E-state index is 12.4. The van der Waals surface area contributed by atoms with Gasteiger partial charge in [-0.3, -0.25) is 10.1 Å². The molecule has 0 radical (unpaired) electrons. The van der Waals surface area contributed by atoms with E-state index in [2.05, 4.69) is 10.5 Å².